The Morgan fingerprint density at radius 2 is 1.78 bits per heavy atom. The zero-order chi connectivity index (χ0) is 22.4. The summed E-state index contributed by atoms with van der Waals surface area (Å²) in [5.74, 6) is 0.826. The molecule has 5 aromatic rings. The van der Waals surface area contributed by atoms with E-state index in [-0.39, 0.29) is 11.4 Å². The summed E-state index contributed by atoms with van der Waals surface area (Å²) in [4.78, 5) is 17.9. The maximum Gasteiger partial charge on any atom is 0.266 e. The number of fused-ring (bicyclic) bond motifs is 3. The molecule has 160 valence electrons. The highest BCUT2D eigenvalue weighted by atomic mass is 19.1. The molecule has 0 aliphatic carbocycles. The predicted molar refractivity (Wildman–Crippen MR) is 119 cm³/mol. The van der Waals surface area contributed by atoms with E-state index in [4.69, 9.17) is 9.47 Å². The van der Waals surface area contributed by atoms with Crippen molar-refractivity contribution in [3.63, 3.8) is 0 Å². The van der Waals surface area contributed by atoms with Gasteiger partial charge in [-0.2, -0.15) is 5.10 Å². The molecular formula is C24H19FN4O3. The number of methoxy groups -OCH3 is 2. The molecule has 0 bridgehead atoms. The molecule has 0 radical (unpaired) electrons. The number of rotatable bonds is 4. The van der Waals surface area contributed by atoms with Gasteiger partial charge in [-0.25, -0.2) is 13.9 Å². The van der Waals surface area contributed by atoms with E-state index in [1.807, 2.05) is 13.0 Å². The van der Waals surface area contributed by atoms with Crippen molar-refractivity contribution >= 4 is 16.6 Å². The number of pyridine rings is 1. The van der Waals surface area contributed by atoms with Crippen LogP contribution in [0.4, 0.5) is 4.39 Å². The molecule has 0 spiro atoms. The van der Waals surface area contributed by atoms with Crippen LogP contribution in [-0.2, 0) is 0 Å². The standard InChI is InChI=1S/C24H19FN4O3/c1-14-22(15-4-6-16(25)7-5-15)23-26-13-18-19(29(23)27-14)10-11-28(24(18)30)20-9-8-17(31-2)12-21(20)32-3/h4-13H,1-3H3. The third-order valence-corrected chi connectivity index (χ3v) is 5.47. The van der Waals surface area contributed by atoms with Crippen molar-refractivity contribution in [3.8, 4) is 28.3 Å². The molecule has 3 aromatic heterocycles. The van der Waals surface area contributed by atoms with E-state index in [0.717, 1.165) is 16.8 Å². The van der Waals surface area contributed by atoms with Crippen molar-refractivity contribution in [3.05, 3.63) is 82.8 Å². The van der Waals surface area contributed by atoms with Gasteiger partial charge in [-0.15, -0.1) is 0 Å². The highest BCUT2D eigenvalue weighted by molar-refractivity contribution is 5.86. The average molecular weight is 430 g/mol. The maximum atomic E-state index is 13.4. The Bertz CT molecular complexity index is 1540. The van der Waals surface area contributed by atoms with Gasteiger partial charge in [-0.3, -0.25) is 9.36 Å². The molecule has 0 unspecified atom stereocenters. The average Bonchev–Trinajstić information content (AvgIpc) is 3.15. The van der Waals surface area contributed by atoms with Gasteiger partial charge in [0.25, 0.3) is 5.56 Å². The van der Waals surface area contributed by atoms with Crippen LogP contribution in [0.25, 0.3) is 33.4 Å². The first-order valence-corrected chi connectivity index (χ1v) is 9.90. The third-order valence-electron chi connectivity index (χ3n) is 5.47. The molecule has 0 aliphatic rings. The second kappa shape index (κ2) is 7.49. The number of hydrogen-bond donors (Lipinski definition) is 0. The van der Waals surface area contributed by atoms with E-state index in [1.54, 1.807) is 61.5 Å². The van der Waals surface area contributed by atoms with Crippen LogP contribution in [0.3, 0.4) is 0 Å². The largest absolute Gasteiger partial charge is 0.497 e. The Morgan fingerprint density at radius 3 is 2.50 bits per heavy atom. The van der Waals surface area contributed by atoms with Crippen molar-refractivity contribution in [1.82, 2.24) is 19.2 Å². The van der Waals surface area contributed by atoms with Gasteiger partial charge in [-0.1, -0.05) is 12.1 Å². The summed E-state index contributed by atoms with van der Waals surface area (Å²) in [6.45, 7) is 1.86. The normalized spacial score (nSPS) is 11.2. The predicted octanol–water partition coefficient (Wildman–Crippen LogP) is 4.17. The van der Waals surface area contributed by atoms with Gasteiger partial charge >= 0.3 is 0 Å². The lowest BCUT2D eigenvalue weighted by Gasteiger charge is -2.13. The van der Waals surface area contributed by atoms with E-state index in [9.17, 15) is 9.18 Å². The van der Waals surface area contributed by atoms with Crippen LogP contribution in [0.5, 0.6) is 11.5 Å². The van der Waals surface area contributed by atoms with Crippen molar-refractivity contribution in [1.29, 1.82) is 0 Å². The van der Waals surface area contributed by atoms with Crippen LogP contribution in [0.15, 0.2) is 65.7 Å². The quantitative estimate of drug-likeness (QED) is 0.428. The molecule has 8 heteroatoms. The fourth-order valence-corrected chi connectivity index (χ4v) is 3.90. The minimum atomic E-state index is -0.309. The van der Waals surface area contributed by atoms with Crippen molar-refractivity contribution < 1.29 is 13.9 Å². The molecular weight excluding hydrogens is 411 g/mol. The van der Waals surface area contributed by atoms with Gasteiger partial charge in [0.05, 0.1) is 36.5 Å². The lowest BCUT2D eigenvalue weighted by Crippen LogP contribution is -2.19. The number of ether oxygens (including phenoxy) is 2. The molecule has 0 saturated carbocycles. The summed E-state index contributed by atoms with van der Waals surface area (Å²) < 4.78 is 27.2. The van der Waals surface area contributed by atoms with Crippen LogP contribution < -0.4 is 15.0 Å². The van der Waals surface area contributed by atoms with E-state index < -0.39 is 0 Å². The van der Waals surface area contributed by atoms with Crippen molar-refractivity contribution in [2.24, 2.45) is 0 Å². The molecule has 7 nitrogen and oxygen atoms in total. The summed E-state index contributed by atoms with van der Waals surface area (Å²) >= 11 is 0. The van der Waals surface area contributed by atoms with Crippen LogP contribution >= 0.6 is 0 Å². The zero-order valence-corrected chi connectivity index (χ0v) is 17.7. The Morgan fingerprint density at radius 1 is 1.00 bits per heavy atom. The molecule has 0 atom stereocenters. The Balaban J connectivity index is 1.73. The first-order valence-electron chi connectivity index (χ1n) is 9.90. The summed E-state index contributed by atoms with van der Waals surface area (Å²) in [6.07, 6.45) is 3.23. The van der Waals surface area contributed by atoms with Crippen LogP contribution in [0.2, 0.25) is 0 Å². The second-order valence-corrected chi connectivity index (χ2v) is 7.29. The highest BCUT2D eigenvalue weighted by Gasteiger charge is 2.17. The van der Waals surface area contributed by atoms with E-state index in [2.05, 4.69) is 10.1 Å². The number of hydrogen-bond acceptors (Lipinski definition) is 5. The number of nitrogens with zero attached hydrogens (tertiary/aromatic N) is 4. The lowest BCUT2D eigenvalue weighted by molar-refractivity contribution is 0.393. The third kappa shape index (κ3) is 2.99. The molecule has 0 aliphatic heterocycles. The van der Waals surface area contributed by atoms with Gasteiger partial charge in [0.1, 0.15) is 17.3 Å². The van der Waals surface area contributed by atoms with Gasteiger partial charge in [0.2, 0.25) is 0 Å². The summed E-state index contributed by atoms with van der Waals surface area (Å²) in [6, 6.07) is 13.3. The lowest BCUT2D eigenvalue weighted by atomic mass is 10.1. The molecule has 5 rings (SSSR count). The summed E-state index contributed by atoms with van der Waals surface area (Å²) in [7, 11) is 3.11. The Labute approximate surface area is 182 Å². The first-order chi connectivity index (χ1) is 15.5. The molecule has 32 heavy (non-hydrogen) atoms. The fraction of sp³-hybridized carbons (Fsp3) is 0.125. The molecule has 0 fully saturated rings. The number of aromatic nitrogens is 4. The minimum absolute atomic E-state index is 0.253. The Hall–Kier alpha value is -4.20. The van der Waals surface area contributed by atoms with Crippen LogP contribution in [0, 0.1) is 12.7 Å². The van der Waals surface area contributed by atoms with Crippen LogP contribution in [-0.4, -0.2) is 33.4 Å². The molecule has 2 aromatic carbocycles. The highest BCUT2D eigenvalue weighted by Crippen LogP contribution is 2.30. The SMILES string of the molecule is COc1ccc(-n2ccc3c(cnc4c(-c5ccc(F)cc5)c(C)nn43)c2=O)c(OC)c1. The molecule has 0 N–H and O–H groups in total. The fourth-order valence-electron chi connectivity index (χ4n) is 3.90. The monoisotopic (exact) mass is 430 g/mol. The summed E-state index contributed by atoms with van der Waals surface area (Å²) in [5, 5.41) is 5.02. The molecule has 0 amide bonds. The van der Waals surface area contributed by atoms with Crippen molar-refractivity contribution in [2.75, 3.05) is 14.2 Å². The smallest absolute Gasteiger partial charge is 0.266 e. The minimum Gasteiger partial charge on any atom is -0.497 e. The van der Waals surface area contributed by atoms with E-state index in [0.29, 0.717) is 33.7 Å². The maximum absolute atomic E-state index is 13.4. The van der Waals surface area contributed by atoms with Gasteiger partial charge < -0.3 is 9.47 Å². The molecule has 0 saturated heterocycles. The number of halogens is 1. The van der Waals surface area contributed by atoms with E-state index >= 15 is 0 Å². The topological polar surface area (TPSA) is 70.6 Å². The number of aryl methyl sites for hydroxylation is 1. The summed E-state index contributed by atoms with van der Waals surface area (Å²) in [5.41, 5.74) is 3.90. The first kappa shape index (κ1) is 19.7. The van der Waals surface area contributed by atoms with Crippen molar-refractivity contribution in [2.45, 2.75) is 6.92 Å². The molecule has 3 heterocycles. The zero-order valence-electron chi connectivity index (χ0n) is 17.7. The Kier molecular flexibility index (Phi) is 4.62. The second-order valence-electron chi connectivity index (χ2n) is 7.29. The van der Waals surface area contributed by atoms with Gasteiger partial charge in [-0.05, 0) is 42.8 Å². The van der Waals surface area contributed by atoms with Gasteiger partial charge in [0.15, 0.2) is 5.65 Å². The van der Waals surface area contributed by atoms with E-state index in [1.165, 1.54) is 16.7 Å². The number of benzene rings is 2. The van der Waals surface area contributed by atoms with Gasteiger partial charge in [0, 0.05) is 24.0 Å². The van der Waals surface area contributed by atoms with Crippen LogP contribution in [0.1, 0.15) is 5.69 Å².